The first-order chi connectivity index (χ1) is 12.8. The summed E-state index contributed by atoms with van der Waals surface area (Å²) in [5.41, 5.74) is 2.90. The number of nitroso groups, excluding NO2 is 2. The van der Waals surface area contributed by atoms with Crippen molar-refractivity contribution in [2.24, 2.45) is 10.4 Å². The van der Waals surface area contributed by atoms with Crippen LogP contribution in [0.4, 0.5) is 5.69 Å². The number of aromatic amines is 1. The Labute approximate surface area is 147 Å². The standard InChI is InChI=1S/C18H13N5O3/c24-21-13-7-5-11(6-8-13)17-20-18(26-23-17)16(22-25)9-12-10-19-15-4-2-1-3-14(12)15/h1-8,10,16,19H,9H2. The van der Waals surface area contributed by atoms with Crippen LogP contribution < -0.4 is 0 Å². The minimum Gasteiger partial charge on any atom is -0.361 e. The van der Waals surface area contributed by atoms with Crippen molar-refractivity contribution in [3.63, 3.8) is 0 Å². The SMILES string of the molecule is O=Nc1ccc(-c2noc(C(Cc3c[nH]c4ccccc34)N=O)n2)cc1. The van der Waals surface area contributed by atoms with Crippen LogP contribution in [-0.2, 0) is 6.42 Å². The maximum Gasteiger partial charge on any atom is 0.255 e. The first kappa shape index (κ1) is 15.8. The van der Waals surface area contributed by atoms with E-state index in [1.165, 1.54) is 0 Å². The molecule has 128 valence electrons. The van der Waals surface area contributed by atoms with E-state index in [2.05, 4.69) is 25.5 Å². The van der Waals surface area contributed by atoms with Gasteiger partial charge in [-0.2, -0.15) is 4.98 Å². The molecule has 4 aromatic rings. The molecule has 2 aromatic carbocycles. The summed E-state index contributed by atoms with van der Waals surface area (Å²) in [4.78, 5) is 29.3. The van der Waals surface area contributed by atoms with Crippen LogP contribution in [0.2, 0.25) is 0 Å². The highest BCUT2D eigenvalue weighted by Gasteiger charge is 2.22. The van der Waals surface area contributed by atoms with E-state index >= 15 is 0 Å². The lowest BCUT2D eigenvalue weighted by Crippen LogP contribution is -1.99. The molecule has 0 amide bonds. The van der Waals surface area contributed by atoms with Gasteiger partial charge in [0.05, 0.1) is 0 Å². The van der Waals surface area contributed by atoms with Gasteiger partial charge in [-0.05, 0) is 41.1 Å². The molecular formula is C18H13N5O3. The number of para-hydroxylation sites is 1. The van der Waals surface area contributed by atoms with E-state index in [9.17, 15) is 9.81 Å². The van der Waals surface area contributed by atoms with Crippen LogP contribution in [-0.4, -0.2) is 15.1 Å². The molecule has 8 nitrogen and oxygen atoms in total. The van der Waals surface area contributed by atoms with Gasteiger partial charge in [-0.25, -0.2) is 0 Å². The predicted octanol–water partition coefficient (Wildman–Crippen LogP) is 4.67. The van der Waals surface area contributed by atoms with E-state index in [4.69, 9.17) is 4.52 Å². The number of H-pyrrole nitrogens is 1. The van der Waals surface area contributed by atoms with Crippen molar-refractivity contribution < 1.29 is 4.52 Å². The smallest absolute Gasteiger partial charge is 0.255 e. The lowest BCUT2D eigenvalue weighted by atomic mass is 10.1. The summed E-state index contributed by atoms with van der Waals surface area (Å²) >= 11 is 0. The van der Waals surface area contributed by atoms with Crippen LogP contribution in [0.1, 0.15) is 17.5 Å². The molecule has 0 saturated heterocycles. The molecule has 4 rings (SSSR count). The molecule has 0 spiro atoms. The average molecular weight is 347 g/mol. The summed E-state index contributed by atoms with van der Waals surface area (Å²) in [7, 11) is 0. The normalized spacial score (nSPS) is 12.2. The lowest BCUT2D eigenvalue weighted by Gasteiger charge is -2.03. The zero-order chi connectivity index (χ0) is 17.9. The molecule has 0 aliphatic heterocycles. The Hall–Kier alpha value is -3.68. The lowest BCUT2D eigenvalue weighted by molar-refractivity contribution is 0.354. The van der Waals surface area contributed by atoms with E-state index < -0.39 is 6.04 Å². The highest BCUT2D eigenvalue weighted by Crippen LogP contribution is 2.28. The second-order valence-corrected chi connectivity index (χ2v) is 5.78. The number of benzene rings is 2. The first-order valence-corrected chi connectivity index (χ1v) is 7.93. The fourth-order valence-corrected chi connectivity index (χ4v) is 2.84. The summed E-state index contributed by atoms with van der Waals surface area (Å²) < 4.78 is 5.24. The molecule has 0 fully saturated rings. The van der Waals surface area contributed by atoms with E-state index in [1.807, 2.05) is 30.5 Å². The predicted molar refractivity (Wildman–Crippen MR) is 95.7 cm³/mol. The van der Waals surface area contributed by atoms with Crippen LogP contribution in [0.25, 0.3) is 22.3 Å². The molecule has 0 bridgehead atoms. The molecule has 0 radical (unpaired) electrons. The molecule has 0 saturated carbocycles. The van der Waals surface area contributed by atoms with Gasteiger partial charge in [-0.3, -0.25) is 0 Å². The average Bonchev–Trinajstić information content (AvgIpc) is 3.34. The van der Waals surface area contributed by atoms with Crippen LogP contribution in [0.5, 0.6) is 0 Å². The van der Waals surface area contributed by atoms with Gasteiger partial charge in [0, 0.05) is 29.1 Å². The van der Waals surface area contributed by atoms with Crippen molar-refractivity contribution in [3.05, 3.63) is 76.0 Å². The Morgan fingerprint density at radius 1 is 1.08 bits per heavy atom. The minimum atomic E-state index is -0.786. The van der Waals surface area contributed by atoms with Crippen LogP contribution in [0, 0.1) is 9.81 Å². The van der Waals surface area contributed by atoms with Crippen molar-refractivity contribution in [2.45, 2.75) is 12.5 Å². The van der Waals surface area contributed by atoms with E-state index in [0.717, 1.165) is 16.5 Å². The quantitative estimate of drug-likeness (QED) is 0.509. The zero-order valence-electron chi connectivity index (χ0n) is 13.5. The second kappa shape index (κ2) is 6.67. The van der Waals surface area contributed by atoms with E-state index in [-0.39, 0.29) is 5.89 Å². The molecule has 1 atom stereocenters. The highest BCUT2D eigenvalue weighted by molar-refractivity contribution is 5.83. The summed E-state index contributed by atoms with van der Waals surface area (Å²) in [5.74, 6) is 0.475. The van der Waals surface area contributed by atoms with Crippen molar-refractivity contribution in [1.82, 2.24) is 15.1 Å². The second-order valence-electron chi connectivity index (χ2n) is 5.78. The maximum atomic E-state index is 11.4. The van der Waals surface area contributed by atoms with Crippen molar-refractivity contribution in [2.75, 3.05) is 0 Å². The van der Waals surface area contributed by atoms with E-state index in [0.29, 0.717) is 23.5 Å². The number of fused-ring (bicyclic) bond motifs is 1. The third kappa shape index (κ3) is 2.88. The Bertz CT molecular complexity index is 1070. The first-order valence-electron chi connectivity index (χ1n) is 7.93. The third-order valence-electron chi connectivity index (χ3n) is 4.17. The topological polar surface area (TPSA) is 114 Å². The van der Waals surface area contributed by atoms with Gasteiger partial charge in [-0.1, -0.05) is 28.5 Å². The highest BCUT2D eigenvalue weighted by atomic mass is 16.5. The summed E-state index contributed by atoms with van der Waals surface area (Å²) in [6.45, 7) is 0. The van der Waals surface area contributed by atoms with Gasteiger partial charge >= 0.3 is 0 Å². The number of aromatic nitrogens is 3. The molecule has 0 aliphatic rings. The van der Waals surface area contributed by atoms with Gasteiger partial charge < -0.3 is 9.51 Å². The van der Waals surface area contributed by atoms with Crippen LogP contribution in [0.3, 0.4) is 0 Å². The summed E-state index contributed by atoms with van der Waals surface area (Å²) in [6, 6.07) is 13.5. The summed E-state index contributed by atoms with van der Waals surface area (Å²) in [5, 5.41) is 10.9. The number of nitrogens with one attached hydrogen (secondary N) is 1. The number of hydrogen-bond acceptors (Lipinski definition) is 7. The molecule has 2 heterocycles. The maximum absolute atomic E-state index is 11.4. The molecule has 26 heavy (non-hydrogen) atoms. The Morgan fingerprint density at radius 3 is 2.65 bits per heavy atom. The largest absolute Gasteiger partial charge is 0.361 e. The van der Waals surface area contributed by atoms with Gasteiger partial charge in [-0.15, -0.1) is 9.81 Å². The number of hydrogen-bond donors (Lipinski definition) is 1. The van der Waals surface area contributed by atoms with Gasteiger partial charge in [0.1, 0.15) is 5.69 Å². The van der Waals surface area contributed by atoms with Gasteiger partial charge in [0.2, 0.25) is 5.82 Å². The Morgan fingerprint density at radius 2 is 1.88 bits per heavy atom. The molecule has 2 aromatic heterocycles. The van der Waals surface area contributed by atoms with Crippen LogP contribution in [0.15, 0.2) is 69.6 Å². The van der Waals surface area contributed by atoms with E-state index in [1.54, 1.807) is 24.3 Å². The molecule has 1 N–H and O–H groups in total. The Balaban J connectivity index is 1.60. The van der Waals surface area contributed by atoms with Gasteiger partial charge in [0.25, 0.3) is 5.89 Å². The fourth-order valence-electron chi connectivity index (χ4n) is 2.84. The monoisotopic (exact) mass is 347 g/mol. The number of nitrogens with zero attached hydrogens (tertiary/aromatic N) is 4. The fraction of sp³-hybridized carbons (Fsp3) is 0.111. The summed E-state index contributed by atoms with van der Waals surface area (Å²) in [6.07, 6.45) is 2.20. The van der Waals surface area contributed by atoms with Crippen molar-refractivity contribution in [1.29, 1.82) is 0 Å². The molecule has 8 heteroatoms. The van der Waals surface area contributed by atoms with Crippen molar-refractivity contribution >= 4 is 16.6 Å². The zero-order valence-corrected chi connectivity index (χ0v) is 13.5. The Kier molecular flexibility index (Phi) is 4.06. The van der Waals surface area contributed by atoms with Crippen molar-refractivity contribution in [3.8, 4) is 11.4 Å². The molecular weight excluding hydrogens is 334 g/mol. The third-order valence-corrected chi connectivity index (χ3v) is 4.17. The molecule has 0 aliphatic carbocycles. The number of rotatable bonds is 6. The minimum absolute atomic E-state index is 0.151. The van der Waals surface area contributed by atoms with Gasteiger partial charge in [0.15, 0.2) is 6.04 Å². The van der Waals surface area contributed by atoms with Crippen LogP contribution >= 0.6 is 0 Å². The molecule has 1 unspecified atom stereocenters.